The molecule has 0 fully saturated rings. The highest BCUT2D eigenvalue weighted by molar-refractivity contribution is 5.89. The van der Waals surface area contributed by atoms with Crippen molar-refractivity contribution in [3.63, 3.8) is 0 Å². The summed E-state index contributed by atoms with van der Waals surface area (Å²) in [5, 5.41) is 7.54. The number of esters is 1. The van der Waals surface area contributed by atoms with Gasteiger partial charge in [0.15, 0.2) is 0 Å². The quantitative estimate of drug-likeness (QED) is 0.830. The van der Waals surface area contributed by atoms with Gasteiger partial charge in [-0.3, -0.25) is 4.68 Å². The highest BCUT2D eigenvalue weighted by atomic mass is 16.5. The molecule has 0 unspecified atom stereocenters. The number of nitrogens with one attached hydrogen (secondary N) is 1. The maximum atomic E-state index is 11.7. The number of carbonyl (C=O) groups excluding carboxylic acids is 1. The fourth-order valence-electron chi connectivity index (χ4n) is 1.99. The van der Waals surface area contributed by atoms with Crippen molar-refractivity contribution in [1.82, 2.24) is 9.78 Å². The van der Waals surface area contributed by atoms with Crippen LogP contribution >= 0.6 is 0 Å². The lowest BCUT2D eigenvalue weighted by atomic mass is 10.2. The van der Waals surface area contributed by atoms with Crippen LogP contribution in [0.1, 0.15) is 36.8 Å². The van der Waals surface area contributed by atoms with E-state index in [1.807, 2.05) is 36.7 Å². The molecule has 1 N–H and O–H groups in total. The number of nitrogens with zero attached hydrogens (tertiary/aromatic N) is 2. The van der Waals surface area contributed by atoms with Crippen molar-refractivity contribution < 1.29 is 9.53 Å². The maximum Gasteiger partial charge on any atom is 0.338 e. The lowest BCUT2D eigenvalue weighted by Gasteiger charge is -2.10. The minimum Gasteiger partial charge on any atom is -0.459 e. The topological polar surface area (TPSA) is 56.2 Å². The first-order valence-electron chi connectivity index (χ1n) is 7.15. The molecule has 0 saturated carbocycles. The molecule has 0 aliphatic rings. The number of anilines is 1. The van der Waals surface area contributed by atoms with Gasteiger partial charge in [-0.15, -0.1) is 0 Å². The summed E-state index contributed by atoms with van der Waals surface area (Å²) in [4.78, 5) is 11.7. The Kier molecular flexibility index (Phi) is 4.98. The van der Waals surface area contributed by atoms with E-state index in [4.69, 9.17) is 4.74 Å². The van der Waals surface area contributed by atoms with Crippen LogP contribution in [-0.4, -0.2) is 21.9 Å². The van der Waals surface area contributed by atoms with Gasteiger partial charge in [0.1, 0.15) is 0 Å². The minimum atomic E-state index is -0.291. The van der Waals surface area contributed by atoms with Crippen molar-refractivity contribution in [3.8, 4) is 0 Å². The third-order valence-corrected chi connectivity index (χ3v) is 3.04. The molecule has 5 heteroatoms. The number of aryl methyl sites for hydroxylation is 1. The summed E-state index contributed by atoms with van der Waals surface area (Å²) in [6, 6.07) is 9.28. The standard InChI is InChI=1S/C16H21N3O2/c1-4-19-15(9-10-18-19)11-17-14-7-5-13(6-8-14)16(20)21-12(2)3/h5-10,12,17H,4,11H2,1-3H3. The van der Waals surface area contributed by atoms with E-state index in [2.05, 4.69) is 17.3 Å². The van der Waals surface area contributed by atoms with Crippen molar-refractivity contribution in [2.75, 3.05) is 5.32 Å². The van der Waals surface area contributed by atoms with Crippen LogP contribution in [0, 0.1) is 0 Å². The van der Waals surface area contributed by atoms with Crippen LogP contribution in [-0.2, 0) is 17.8 Å². The molecule has 0 bridgehead atoms. The van der Waals surface area contributed by atoms with Crippen LogP contribution < -0.4 is 5.32 Å². The number of benzene rings is 1. The van der Waals surface area contributed by atoms with Crippen molar-refractivity contribution >= 4 is 11.7 Å². The number of rotatable bonds is 6. The molecule has 21 heavy (non-hydrogen) atoms. The van der Waals surface area contributed by atoms with Crippen LogP contribution in [0.25, 0.3) is 0 Å². The fraction of sp³-hybridized carbons (Fsp3) is 0.375. The molecule has 2 aromatic rings. The second-order valence-electron chi connectivity index (χ2n) is 5.02. The van der Waals surface area contributed by atoms with Gasteiger partial charge in [-0.1, -0.05) is 0 Å². The SMILES string of the molecule is CCn1nccc1CNc1ccc(C(=O)OC(C)C)cc1. The number of hydrogen-bond acceptors (Lipinski definition) is 4. The van der Waals surface area contributed by atoms with E-state index in [1.165, 1.54) is 0 Å². The largest absolute Gasteiger partial charge is 0.459 e. The van der Waals surface area contributed by atoms with Gasteiger partial charge in [0.2, 0.25) is 0 Å². The maximum absolute atomic E-state index is 11.7. The van der Waals surface area contributed by atoms with Crippen LogP contribution in [0.4, 0.5) is 5.69 Å². The lowest BCUT2D eigenvalue weighted by molar-refractivity contribution is 0.0378. The number of carbonyl (C=O) groups is 1. The highest BCUT2D eigenvalue weighted by Crippen LogP contribution is 2.12. The van der Waals surface area contributed by atoms with Crippen LogP contribution in [0.3, 0.4) is 0 Å². The van der Waals surface area contributed by atoms with E-state index in [0.717, 1.165) is 17.9 Å². The molecule has 0 amide bonds. The summed E-state index contributed by atoms with van der Waals surface area (Å²) in [7, 11) is 0. The van der Waals surface area contributed by atoms with Crippen LogP contribution in [0.5, 0.6) is 0 Å². The van der Waals surface area contributed by atoms with E-state index < -0.39 is 0 Å². The molecule has 0 aliphatic heterocycles. The van der Waals surface area contributed by atoms with E-state index in [-0.39, 0.29) is 12.1 Å². The average Bonchev–Trinajstić information content (AvgIpc) is 2.92. The third-order valence-electron chi connectivity index (χ3n) is 3.04. The summed E-state index contributed by atoms with van der Waals surface area (Å²) in [5.74, 6) is -0.291. The number of ether oxygens (including phenoxy) is 1. The van der Waals surface area contributed by atoms with Gasteiger partial charge in [0.05, 0.1) is 23.9 Å². The van der Waals surface area contributed by atoms with Crippen molar-refractivity contribution in [2.45, 2.75) is 40.0 Å². The molecule has 0 aliphatic carbocycles. The molecule has 0 radical (unpaired) electrons. The molecular weight excluding hydrogens is 266 g/mol. The zero-order chi connectivity index (χ0) is 15.2. The van der Waals surface area contributed by atoms with Crippen molar-refractivity contribution in [1.29, 1.82) is 0 Å². The van der Waals surface area contributed by atoms with Gasteiger partial charge in [-0.2, -0.15) is 5.10 Å². The van der Waals surface area contributed by atoms with Gasteiger partial charge in [0.25, 0.3) is 0 Å². The molecule has 1 aromatic carbocycles. The molecular formula is C16H21N3O2. The summed E-state index contributed by atoms with van der Waals surface area (Å²) < 4.78 is 7.10. The Balaban J connectivity index is 1.95. The molecule has 0 spiro atoms. The molecule has 1 aromatic heterocycles. The zero-order valence-corrected chi connectivity index (χ0v) is 12.7. The predicted molar refractivity (Wildman–Crippen MR) is 82.2 cm³/mol. The first kappa shape index (κ1) is 15.1. The van der Waals surface area contributed by atoms with Gasteiger partial charge in [-0.05, 0) is 51.1 Å². The van der Waals surface area contributed by atoms with Gasteiger partial charge in [0, 0.05) is 18.4 Å². The second kappa shape index (κ2) is 6.92. The fourth-order valence-corrected chi connectivity index (χ4v) is 1.99. The number of hydrogen-bond donors (Lipinski definition) is 1. The second-order valence-corrected chi connectivity index (χ2v) is 5.02. The van der Waals surface area contributed by atoms with Crippen LogP contribution in [0.15, 0.2) is 36.5 Å². The van der Waals surface area contributed by atoms with Crippen molar-refractivity contribution in [3.05, 3.63) is 47.8 Å². The Bertz CT molecular complexity index is 588. The molecule has 5 nitrogen and oxygen atoms in total. The molecule has 2 rings (SSSR count). The first-order valence-corrected chi connectivity index (χ1v) is 7.15. The van der Waals surface area contributed by atoms with E-state index in [1.54, 1.807) is 18.3 Å². The van der Waals surface area contributed by atoms with Gasteiger partial charge in [-0.25, -0.2) is 4.79 Å². The third kappa shape index (κ3) is 4.08. The Hall–Kier alpha value is -2.30. The molecule has 1 heterocycles. The summed E-state index contributed by atoms with van der Waals surface area (Å²) in [6.45, 7) is 7.29. The molecule has 112 valence electrons. The van der Waals surface area contributed by atoms with E-state index >= 15 is 0 Å². The lowest BCUT2D eigenvalue weighted by Crippen LogP contribution is -2.11. The van der Waals surface area contributed by atoms with Gasteiger partial charge >= 0.3 is 5.97 Å². The minimum absolute atomic E-state index is 0.107. The normalized spacial score (nSPS) is 10.7. The Morgan fingerprint density at radius 1 is 1.29 bits per heavy atom. The Labute approximate surface area is 124 Å². The molecule has 0 saturated heterocycles. The smallest absolute Gasteiger partial charge is 0.338 e. The number of aromatic nitrogens is 2. The first-order chi connectivity index (χ1) is 10.1. The van der Waals surface area contributed by atoms with Gasteiger partial charge < -0.3 is 10.1 Å². The summed E-state index contributed by atoms with van der Waals surface area (Å²) in [6.07, 6.45) is 1.69. The summed E-state index contributed by atoms with van der Waals surface area (Å²) in [5.41, 5.74) is 2.65. The van der Waals surface area contributed by atoms with Crippen molar-refractivity contribution in [2.24, 2.45) is 0 Å². The van der Waals surface area contributed by atoms with Crippen LogP contribution in [0.2, 0.25) is 0 Å². The van der Waals surface area contributed by atoms with E-state index in [9.17, 15) is 4.79 Å². The van der Waals surface area contributed by atoms with E-state index in [0.29, 0.717) is 12.1 Å². The Morgan fingerprint density at radius 3 is 2.62 bits per heavy atom. The highest BCUT2D eigenvalue weighted by Gasteiger charge is 2.08. The predicted octanol–water partition coefficient (Wildman–Crippen LogP) is 3.08. The average molecular weight is 287 g/mol. The molecule has 0 atom stereocenters. The monoisotopic (exact) mass is 287 g/mol. The summed E-state index contributed by atoms with van der Waals surface area (Å²) >= 11 is 0. The zero-order valence-electron chi connectivity index (χ0n) is 12.7. The Morgan fingerprint density at radius 2 is 2.00 bits per heavy atom.